The summed E-state index contributed by atoms with van der Waals surface area (Å²) in [5.74, 6) is 0. The van der Waals surface area contributed by atoms with Crippen molar-refractivity contribution in [3.8, 4) is 0 Å². The van der Waals surface area contributed by atoms with Gasteiger partial charge in [-0.15, -0.1) is 0 Å². The molecule has 14 heavy (non-hydrogen) atoms. The largest absolute Gasteiger partial charge is 0.281 e. The second kappa shape index (κ2) is 3.93. The van der Waals surface area contributed by atoms with E-state index >= 15 is 0 Å². The van der Waals surface area contributed by atoms with Crippen LogP contribution >= 0.6 is 0 Å². The zero-order valence-electron chi connectivity index (χ0n) is 8.16. The molecule has 0 atom stereocenters. The summed E-state index contributed by atoms with van der Waals surface area (Å²) in [5.41, 5.74) is 1.29. The molecular formula is C8H13N3O2S. The zero-order chi connectivity index (χ0) is 10.8. The van der Waals surface area contributed by atoms with Gasteiger partial charge in [-0.25, -0.2) is 13.1 Å². The third-order valence-electron chi connectivity index (χ3n) is 1.64. The SMILES string of the molecule is C=C(C)CNS(=O)(=O)c1cn[nH]c1C. The molecule has 0 unspecified atom stereocenters. The van der Waals surface area contributed by atoms with Gasteiger partial charge in [-0.2, -0.15) is 5.10 Å². The van der Waals surface area contributed by atoms with Gasteiger partial charge in [0, 0.05) is 6.54 Å². The summed E-state index contributed by atoms with van der Waals surface area (Å²) in [5, 5.41) is 6.22. The van der Waals surface area contributed by atoms with Gasteiger partial charge < -0.3 is 0 Å². The van der Waals surface area contributed by atoms with Crippen LogP contribution in [0.3, 0.4) is 0 Å². The van der Waals surface area contributed by atoms with E-state index in [2.05, 4.69) is 21.5 Å². The fraction of sp³-hybridized carbons (Fsp3) is 0.375. The Morgan fingerprint density at radius 1 is 1.71 bits per heavy atom. The first-order valence-electron chi connectivity index (χ1n) is 4.07. The molecule has 5 nitrogen and oxygen atoms in total. The van der Waals surface area contributed by atoms with Crippen molar-refractivity contribution in [2.45, 2.75) is 18.7 Å². The summed E-state index contributed by atoms with van der Waals surface area (Å²) >= 11 is 0. The first-order valence-corrected chi connectivity index (χ1v) is 5.56. The molecule has 0 radical (unpaired) electrons. The molecule has 0 aliphatic heterocycles. The highest BCUT2D eigenvalue weighted by atomic mass is 32.2. The Balaban J connectivity index is 2.87. The van der Waals surface area contributed by atoms with Crippen molar-refractivity contribution in [3.05, 3.63) is 24.0 Å². The minimum atomic E-state index is -3.45. The summed E-state index contributed by atoms with van der Waals surface area (Å²) in [4.78, 5) is 0.179. The molecule has 1 aromatic heterocycles. The molecule has 0 aliphatic carbocycles. The lowest BCUT2D eigenvalue weighted by Crippen LogP contribution is -2.25. The highest BCUT2D eigenvalue weighted by Crippen LogP contribution is 2.10. The lowest BCUT2D eigenvalue weighted by molar-refractivity contribution is 0.584. The van der Waals surface area contributed by atoms with E-state index in [0.29, 0.717) is 5.69 Å². The van der Waals surface area contributed by atoms with E-state index in [9.17, 15) is 8.42 Å². The molecule has 0 saturated carbocycles. The Hall–Kier alpha value is -1.14. The van der Waals surface area contributed by atoms with Crippen molar-refractivity contribution in [1.29, 1.82) is 0 Å². The minimum absolute atomic E-state index is 0.179. The molecule has 1 aromatic rings. The standard InChI is InChI=1S/C8H13N3O2S/c1-6(2)4-10-14(12,13)8-5-9-11-7(8)3/h5,10H,1,4H2,2-3H3,(H,9,11). The number of hydrogen-bond donors (Lipinski definition) is 2. The number of nitrogens with one attached hydrogen (secondary N) is 2. The molecule has 78 valence electrons. The maximum absolute atomic E-state index is 11.6. The van der Waals surface area contributed by atoms with Crippen LogP contribution in [0.1, 0.15) is 12.6 Å². The lowest BCUT2D eigenvalue weighted by Gasteiger charge is -2.04. The highest BCUT2D eigenvalue weighted by molar-refractivity contribution is 7.89. The normalized spacial score (nSPS) is 11.6. The fourth-order valence-electron chi connectivity index (χ4n) is 0.907. The van der Waals surface area contributed by atoms with Crippen molar-refractivity contribution in [2.75, 3.05) is 6.54 Å². The third kappa shape index (κ3) is 2.43. The van der Waals surface area contributed by atoms with Crippen LogP contribution in [-0.2, 0) is 10.0 Å². The zero-order valence-corrected chi connectivity index (χ0v) is 8.98. The van der Waals surface area contributed by atoms with Crippen LogP contribution in [0.4, 0.5) is 0 Å². The Morgan fingerprint density at radius 2 is 2.36 bits per heavy atom. The number of aryl methyl sites for hydroxylation is 1. The van der Waals surface area contributed by atoms with Crippen molar-refractivity contribution >= 4 is 10.0 Å². The Kier molecular flexibility index (Phi) is 3.07. The van der Waals surface area contributed by atoms with E-state index in [1.807, 2.05) is 0 Å². The van der Waals surface area contributed by atoms with Crippen molar-refractivity contribution in [2.24, 2.45) is 0 Å². The molecule has 1 heterocycles. The molecule has 0 aromatic carbocycles. The minimum Gasteiger partial charge on any atom is -0.281 e. The Bertz CT molecular complexity index is 433. The van der Waals surface area contributed by atoms with Gasteiger partial charge in [0.2, 0.25) is 10.0 Å². The first kappa shape index (κ1) is 10.9. The summed E-state index contributed by atoms with van der Waals surface area (Å²) in [6, 6.07) is 0. The molecule has 2 N–H and O–H groups in total. The van der Waals surface area contributed by atoms with E-state index in [0.717, 1.165) is 5.57 Å². The maximum Gasteiger partial charge on any atom is 0.244 e. The lowest BCUT2D eigenvalue weighted by atomic mass is 10.4. The van der Waals surface area contributed by atoms with E-state index < -0.39 is 10.0 Å². The van der Waals surface area contributed by atoms with Crippen LogP contribution in [0.15, 0.2) is 23.2 Å². The van der Waals surface area contributed by atoms with Crippen LogP contribution in [0.2, 0.25) is 0 Å². The molecule has 0 saturated heterocycles. The number of sulfonamides is 1. The topological polar surface area (TPSA) is 74.8 Å². The van der Waals surface area contributed by atoms with Gasteiger partial charge in [-0.3, -0.25) is 5.10 Å². The Labute approximate surface area is 83.3 Å². The highest BCUT2D eigenvalue weighted by Gasteiger charge is 2.17. The number of rotatable bonds is 4. The number of H-pyrrole nitrogens is 1. The van der Waals surface area contributed by atoms with E-state index in [1.165, 1.54) is 6.20 Å². The van der Waals surface area contributed by atoms with Crippen molar-refractivity contribution in [3.63, 3.8) is 0 Å². The van der Waals surface area contributed by atoms with Crippen LogP contribution in [-0.4, -0.2) is 25.2 Å². The monoisotopic (exact) mass is 215 g/mol. The summed E-state index contributed by atoms with van der Waals surface area (Å²) in [6.45, 7) is 7.26. The van der Waals surface area contributed by atoms with Crippen LogP contribution < -0.4 is 4.72 Å². The van der Waals surface area contributed by atoms with E-state index in [-0.39, 0.29) is 11.4 Å². The number of nitrogens with zero attached hydrogens (tertiary/aromatic N) is 1. The van der Waals surface area contributed by atoms with Crippen LogP contribution in [0, 0.1) is 6.92 Å². The summed E-state index contributed by atoms with van der Waals surface area (Å²) in [6.07, 6.45) is 1.29. The van der Waals surface area contributed by atoms with Crippen LogP contribution in [0.5, 0.6) is 0 Å². The van der Waals surface area contributed by atoms with E-state index in [4.69, 9.17) is 0 Å². The second-order valence-electron chi connectivity index (χ2n) is 3.14. The van der Waals surface area contributed by atoms with Gasteiger partial charge in [-0.1, -0.05) is 12.2 Å². The number of hydrogen-bond acceptors (Lipinski definition) is 3. The second-order valence-corrected chi connectivity index (χ2v) is 4.88. The van der Waals surface area contributed by atoms with Crippen LogP contribution in [0.25, 0.3) is 0 Å². The molecule has 0 fully saturated rings. The smallest absolute Gasteiger partial charge is 0.244 e. The van der Waals surface area contributed by atoms with E-state index in [1.54, 1.807) is 13.8 Å². The molecule has 0 aliphatic rings. The van der Waals surface area contributed by atoms with Gasteiger partial charge >= 0.3 is 0 Å². The van der Waals surface area contributed by atoms with Gasteiger partial charge in [0.15, 0.2) is 0 Å². The predicted molar refractivity (Wildman–Crippen MR) is 53.3 cm³/mol. The molecule has 0 spiro atoms. The quantitative estimate of drug-likeness (QED) is 0.721. The van der Waals surface area contributed by atoms with Gasteiger partial charge in [0.05, 0.1) is 11.9 Å². The molecule has 0 bridgehead atoms. The van der Waals surface area contributed by atoms with Gasteiger partial charge in [-0.05, 0) is 13.8 Å². The molecule has 6 heteroatoms. The third-order valence-corrected chi connectivity index (χ3v) is 3.15. The van der Waals surface area contributed by atoms with Crippen molar-refractivity contribution in [1.82, 2.24) is 14.9 Å². The number of aromatic amines is 1. The summed E-state index contributed by atoms with van der Waals surface area (Å²) < 4.78 is 25.6. The first-order chi connectivity index (χ1) is 6.43. The maximum atomic E-state index is 11.6. The number of aromatic nitrogens is 2. The predicted octanol–water partition coefficient (Wildman–Crippen LogP) is 0.573. The van der Waals surface area contributed by atoms with Gasteiger partial charge in [0.1, 0.15) is 4.90 Å². The molecule has 1 rings (SSSR count). The fourth-order valence-corrected chi connectivity index (χ4v) is 2.14. The van der Waals surface area contributed by atoms with Crippen molar-refractivity contribution < 1.29 is 8.42 Å². The Morgan fingerprint density at radius 3 is 2.79 bits per heavy atom. The molecule has 0 amide bonds. The average molecular weight is 215 g/mol. The summed E-state index contributed by atoms with van der Waals surface area (Å²) in [7, 11) is -3.45. The average Bonchev–Trinajstić information content (AvgIpc) is 2.48. The molecular weight excluding hydrogens is 202 g/mol. The van der Waals surface area contributed by atoms with Gasteiger partial charge in [0.25, 0.3) is 0 Å².